The van der Waals surface area contributed by atoms with E-state index < -0.39 is 12.1 Å². The maximum absolute atomic E-state index is 9.72. The first-order chi connectivity index (χ1) is 3.13. The van der Waals surface area contributed by atoms with E-state index in [4.69, 9.17) is 5.73 Å². The van der Waals surface area contributed by atoms with Crippen molar-refractivity contribution in [2.24, 2.45) is 11.5 Å². The van der Waals surface area contributed by atoms with Crippen molar-refractivity contribution in [3.05, 3.63) is 0 Å². The van der Waals surface area contributed by atoms with Crippen molar-refractivity contribution in [3.8, 4) is 0 Å². The Morgan fingerprint density at radius 2 is 2.29 bits per heavy atom. The van der Waals surface area contributed by atoms with Gasteiger partial charge in [-0.25, -0.2) is 4.79 Å². The first-order valence-corrected chi connectivity index (χ1v) is 2.27. The molecule has 0 heterocycles. The highest BCUT2D eigenvalue weighted by atomic mass is 31.0. The van der Waals surface area contributed by atoms with E-state index in [-0.39, 0.29) is 0 Å². The van der Waals surface area contributed by atoms with E-state index in [0.717, 1.165) is 0 Å². The molecule has 0 aliphatic carbocycles. The first kappa shape index (κ1) is 6.66. The Balaban J connectivity index is 3.13. The van der Waals surface area contributed by atoms with E-state index in [9.17, 15) is 4.79 Å². The zero-order valence-corrected chi connectivity index (χ0v) is 4.78. The summed E-state index contributed by atoms with van der Waals surface area (Å²) in [6, 6.07) is 0. The lowest BCUT2D eigenvalue weighted by atomic mass is 11.2. The quantitative estimate of drug-likeness (QED) is 0.353. The van der Waals surface area contributed by atoms with Crippen molar-refractivity contribution in [3.63, 3.8) is 0 Å². The highest BCUT2D eigenvalue weighted by molar-refractivity contribution is 7.17. The molecule has 0 aromatic carbocycles. The molecule has 0 aromatic rings. The summed E-state index contributed by atoms with van der Waals surface area (Å²) in [5.74, 6) is -0.683. The van der Waals surface area contributed by atoms with Gasteiger partial charge in [0.25, 0.3) is 0 Å². The summed E-state index contributed by atoms with van der Waals surface area (Å²) in [6.07, 6.45) is -0.859. The third-order valence-corrected chi connectivity index (χ3v) is 0.388. The van der Waals surface area contributed by atoms with Crippen molar-refractivity contribution < 1.29 is 9.53 Å². The number of primary amides is 1. The Hall–Kier alpha value is -0.340. The second-order valence-corrected chi connectivity index (χ2v) is 1.56. The molecule has 2 atom stereocenters. The standard InChI is InChI=1S/C2H7N2O2P/c3-1(5)6-2(4)7/h2H,4,7H2,(H2,3,5). The van der Waals surface area contributed by atoms with Crippen molar-refractivity contribution in [2.75, 3.05) is 0 Å². The molecule has 4 N–H and O–H groups in total. The summed E-state index contributed by atoms with van der Waals surface area (Å²) in [4.78, 5) is 9.72. The summed E-state index contributed by atoms with van der Waals surface area (Å²) in [5.41, 5.74) is 9.47. The fourth-order valence-electron chi connectivity index (χ4n) is 0.134. The Labute approximate surface area is 43.4 Å². The molecule has 0 rings (SSSR count). The van der Waals surface area contributed by atoms with Crippen LogP contribution in [0.15, 0.2) is 0 Å². The van der Waals surface area contributed by atoms with Gasteiger partial charge in [0, 0.05) is 0 Å². The number of amides is 1. The number of ether oxygens (including phenoxy) is 1. The number of carbonyl (C=O) groups excluding carboxylic acids is 1. The minimum Gasteiger partial charge on any atom is -0.428 e. The van der Waals surface area contributed by atoms with Gasteiger partial charge in [-0.1, -0.05) is 9.24 Å². The van der Waals surface area contributed by atoms with Crippen LogP contribution in [0.25, 0.3) is 0 Å². The molecular formula is C2H7N2O2P. The van der Waals surface area contributed by atoms with Crippen LogP contribution in [-0.4, -0.2) is 12.1 Å². The molecule has 0 saturated carbocycles. The van der Waals surface area contributed by atoms with Crippen LogP contribution in [-0.2, 0) is 4.74 Å². The SMILES string of the molecule is NC(=O)OC(N)P. The molecule has 0 fully saturated rings. The fraction of sp³-hybridized carbons (Fsp3) is 0.500. The van der Waals surface area contributed by atoms with Crippen LogP contribution in [0.5, 0.6) is 0 Å². The first-order valence-electron chi connectivity index (χ1n) is 1.60. The van der Waals surface area contributed by atoms with Crippen LogP contribution in [0.2, 0.25) is 0 Å². The van der Waals surface area contributed by atoms with Gasteiger partial charge in [-0.05, 0) is 0 Å². The number of hydrogen-bond donors (Lipinski definition) is 2. The van der Waals surface area contributed by atoms with E-state index in [1.54, 1.807) is 0 Å². The van der Waals surface area contributed by atoms with Crippen LogP contribution in [0.1, 0.15) is 0 Å². The summed E-state index contributed by atoms with van der Waals surface area (Å²) >= 11 is 0. The highest BCUT2D eigenvalue weighted by Crippen LogP contribution is 1.89. The number of hydrogen-bond acceptors (Lipinski definition) is 3. The lowest BCUT2D eigenvalue weighted by Crippen LogP contribution is -2.24. The lowest BCUT2D eigenvalue weighted by molar-refractivity contribution is 0.148. The minimum atomic E-state index is -0.859. The molecule has 0 saturated heterocycles. The van der Waals surface area contributed by atoms with E-state index in [1.165, 1.54) is 0 Å². The van der Waals surface area contributed by atoms with E-state index in [1.807, 2.05) is 0 Å². The summed E-state index contributed by atoms with van der Waals surface area (Å²) < 4.78 is 4.13. The molecule has 0 spiro atoms. The van der Waals surface area contributed by atoms with Crippen molar-refractivity contribution in [1.82, 2.24) is 0 Å². The number of nitrogens with two attached hydrogens (primary N) is 2. The Bertz CT molecular complexity index is 74.1. The maximum atomic E-state index is 9.72. The maximum Gasteiger partial charge on any atom is 0.406 e. The van der Waals surface area contributed by atoms with Gasteiger partial charge >= 0.3 is 6.09 Å². The monoisotopic (exact) mass is 122 g/mol. The average molecular weight is 122 g/mol. The van der Waals surface area contributed by atoms with Gasteiger partial charge in [0.15, 0.2) is 5.97 Å². The largest absolute Gasteiger partial charge is 0.428 e. The predicted octanol–water partition coefficient (Wildman–Crippen LogP) is -0.801. The Morgan fingerprint density at radius 1 is 1.86 bits per heavy atom. The molecule has 0 aliphatic heterocycles. The van der Waals surface area contributed by atoms with E-state index in [0.29, 0.717) is 0 Å². The number of rotatable bonds is 1. The predicted molar refractivity (Wildman–Crippen MR) is 28.4 cm³/mol. The van der Waals surface area contributed by atoms with Crippen molar-refractivity contribution in [1.29, 1.82) is 0 Å². The van der Waals surface area contributed by atoms with Crippen molar-refractivity contribution in [2.45, 2.75) is 5.97 Å². The van der Waals surface area contributed by atoms with Gasteiger partial charge < -0.3 is 10.5 Å². The van der Waals surface area contributed by atoms with Crippen LogP contribution >= 0.6 is 9.24 Å². The summed E-state index contributed by atoms with van der Waals surface area (Å²) in [5, 5.41) is 0. The average Bonchev–Trinajstić information content (AvgIpc) is 1.27. The third-order valence-electron chi connectivity index (χ3n) is 0.252. The van der Waals surface area contributed by atoms with Gasteiger partial charge in [0.1, 0.15) is 0 Å². The summed E-state index contributed by atoms with van der Waals surface area (Å²) in [7, 11) is 2.06. The van der Waals surface area contributed by atoms with Gasteiger partial charge in [0.2, 0.25) is 0 Å². The zero-order valence-electron chi connectivity index (χ0n) is 3.63. The van der Waals surface area contributed by atoms with Gasteiger partial charge in [-0.3, -0.25) is 5.73 Å². The molecule has 42 valence electrons. The molecule has 0 aromatic heterocycles. The van der Waals surface area contributed by atoms with E-state index >= 15 is 0 Å². The molecule has 0 aliphatic rings. The van der Waals surface area contributed by atoms with Crippen LogP contribution < -0.4 is 11.5 Å². The second kappa shape index (κ2) is 2.77. The van der Waals surface area contributed by atoms with Crippen LogP contribution in [0.4, 0.5) is 4.79 Å². The highest BCUT2D eigenvalue weighted by Gasteiger charge is 1.94. The Morgan fingerprint density at radius 3 is 2.29 bits per heavy atom. The molecule has 1 amide bonds. The number of carbonyl (C=O) groups is 1. The topological polar surface area (TPSA) is 78.3 Å². The molecular weight excluding hydrogens is 115 g/mol. The zero-order chi connectivity index (χ0) is 5.86. The third kappa shape index (κ3) is 5.66. The minimum absolute atomic E-state index is 0.683. The molecule has 4 nitrogen and oxygen atoms in total. The molecule has 2 unspecified atom stereocenters. The van der Waals surface area contributed by atoms with Crippen LogP contribution in [0, 0.1) is 0 Å². The van der Waals surface area contributed by atoms with Crippen LogP contribution in [0.3, 0.4) is 0 Å². The molecule has 5 heteroatoms. The van der Waals surface area contributed by atoms with Gasteiger partial charge in [0.05, 0.1) is 0 Å². The molecule has 0 radical (unpaired) electrons. The Kier molecular flexibility index (Phi) is 2.64. The van der Waals surface area contributed by atoms with Crippen molar-refractivity contribution >= 4 is 15.3 Å². The fourth-order valence-corrected chi connectivity index (χ4v) is 0.268. The molecule has 0 bridgehead atoms. The smallest absolute Gasteiger partial charge is 0.406 e. The second-order valence-electron chi connectivity index (χ2n) is 0.902. The lowest BCUT2D eigenvalue weighted by Gasteiger charge is -2.01. The van der Waals surface area contributed by atoms with Gasteiger partial charge in [-0.15, -0.1) is 0 Å². The van der Waals surface area contributed by atoms with E-state index in [2.05, 4.69) is 19.7 Å². The molecule has 7 heavy (non-hydrogen) atoms. The summed E-state index contributed by atoms with van der Waals surface area (Å²) in [6.45, 7) is 0. The van der Waals surface area contributed by atoms with Gasteiger partial charge in [-0.2, -0.15) is 0 Å². The normalized spacial score (nSPS) is 12.9.